The first kappa shape index (κ1) is 22.7. The Morgan fingerprint density at radius 2 is 1.85 bits per heavy atom. The Morgan fingerprint density at radius 3 is 2.52 bits per heavy atom. The van der Waals surface area contributed by atoms with Crippen molar-refractivity contribution >= 4 is 39.4 Å². The van der Waals surface area contributed by atoms with Gasteiger partial charge >= 0.3 is 5.97 Å². The Hall–Kier alpha value is -3.53. The normalized spacial score (nSPS) is 15.3. The molecule has 33 heavy (non-hydrogen) atoms. The zero-order chi connectivity index (χ0) is 23.5. The second kappa shape index (κ2) is 9.53. The Bertz CT molecular complexity index is 1210. The topological polar surface area (TPSA) is 89.3 Å². The molecule has 0 fully saturated rings. The average molecular weight is 514 g/mol. The van der Waals surface area contributed by atoms with Gasteiger partial charge in [0.15, 0.2) is 0 Å². The van der Waals surface area contributed by atoms with Crippen LogP contribution in [0, 0.1) is 5.82 Å². The molecule has 4 rings (SSSR count). The van der Waals surface area contributed by atoms with Crippen molar-refractivity contribution in [1.29, 1.82) is 0 Å². The number of nitrogens with zero attached hydrogens (tertiary/aromatic N) is 4. The van der Waals surface area contributed by atoms with Crippen molar-refractivity contribution in [1.82, 2.24) is 14.8 Å². The van der Waals surface area contributed by atoms with Crippen LogP contribution in [0.1, 0.15) is 25.5 Å². The summed E-state index contributed by atoms with van der Waals surface area (Å²) in [5.41, 5.74) is 2.09. The van der Waals surface area contributed by atoms with E-state index < -0.39 is 17.8 Å². The Labute approximate surface area is 198 Å². The predicted molar refractivity (Wildman–Crippen MR) is 124 cm³/mol. The number of ether oxygens (including phenoxy) is 1. The molecule has 0 bridgehead atoms. The summed E-state index contributed by atoms with van der Waals surface area (Å²) in [6.45, 7) is 3.53. The smallest absolute Gasteiger partial charge is 0.338 e. The maximum absolute atomic E-state index is 13.6. The number of anilines is 2. The van der Waals surface area contributed by atoms with Gasteiger partial charge in [-0.15, -0.1) is 0 Å². The molecule has 1 amide bonds. The van der Waals surface area contributed by atoms with Crippen LogP contribution in [0.5, 0.6) is 0 Å². The fraction of sp³-hybridized carbons (Fsp3) is 0.217. The average Bonchev–Trinajstić information content (AvgIpc) is 3.27. The van der Waals surface area contributed by atoms with Crippen molar-refractivity contribution in [2.45, 2.75) is 19.9 Å². The molecule has 170 valence electrons. The van der Waals surface area contributed by atoms with Crippen molar-refractivity contribution in [3.63, 3.8) is 0 Å². The summed E-state index contributed by atoms with van der Waals surface area (Å²) in [5.74, 6) is -0.836. The molecule has 0 radical (unpaired) electrons. The number of aromatic nitrogens is 3. The number of amides is 1. The highest BCUT2D eigenvalue weighted by molar-refractivity contribution is 9.10. The molecule has 1 aliphatic heterocycles. The maximum atomic E-state index is 13.6. The molecule has 0 saturated heterocycles. The quantitative estimate of drug-likeness (QED) is 0.499. The van der Waals surface area contributed by atoms with E-state index in [1.54, 1.807) is 47.7 Å². The second-order valence-electron chi connectivity index (χ2n) is 7.32. The lowest BCUT2D eigenvalue weighted by Crippen LogP contribution is -2.40. The first-order chi connectivity index (χ1) is 15.9. The van der Waals surface area contributed by atoms with Gasteiger partial charge in [0.05, 0.1) is 12.2 Å². The van der Waals surface area contributed by atoms with Crippen molar-refractivity contribution in [3.8, 4) is 0 Å². The number of halogens is 2. The van der Waals surface area contributed by atoms with Crippen LogP contribution < -0.4 is 10.2 Å². The van der Waals surface area contributed by atoms with Crippen LogP contribution in [0.2, 0.25) is 0 Å². The lowest BCUT2D eigenvalue weighted by atomic mass is 9.95. The van der Waals surface area contributed by atoms with Crippen LogP contribution in [0.3, 0.4) is 0 Å². The molecule has 3 aromatic rings. The minimum atomic E-state index is -0.673. The van der Waals surface area contributed by atoms with Gasteiger partial charge in [-0.2, -0.15) is 10.1 Å². The van der Waals surface area contributed by atoms with Crippen LogP contribution in [-0.4, -0.2) is 39.8 Å². The van der Waals surface area contributed by atoms with Gasteiger partial charge in [0.1, 0.15) is 24.7 Å². The van der Waals surface area contributed by atoms with Gasteiger partial charge in [0.25, 0.3) is 0 Å². The molecule has 0 aliphatic carbocycles. The number of nitrogens with one attached hydrogen (secondary N) is 1. The third-order valence-electron chi connectivity index (χ3n) is 5.22. The van der Waals surface area contributed by atoms with E-state index >= 15 is 0 Å². The molecule has 0 saturated carbocycles. The number of benzene rings is 2. The van der Waals surface area contributed by atoms with E-state index in [0.29, 0.717) is 28.5 Å². The highest BCUT2D eigenvalue weighted by Crippen LogP contribution is 2.38. The largest absolute Gasteiger partial charge is 0.463 e. The fourth-order valence-electron chi connectivity index (χ4n) is 3.72. The molecule has 0 spiro atoms. The second-order valence-corrected chi connectivity index (χ2v) is 8.24. The van der Waals surface area contributed by atoms with E-state index in [1.807, 2.05) is 12.1 Å². The van der Waals surface area contributed by atoms with Gasteiger partial charge in [-0.25, -0.2) is 13.9 Å². The molecular weight excluding hydrogens is 493 g/mol. The summed E-state index contributed by atoms with van der Waals surface area (Å²) >= 11 is 3.36. The van der Waals surface area contributed by atoms with E-state index in [9.17, 15) is 14.0 Å². The molecule has 10 heteroatoms. The van der Waals surface area contributed by atoms with E-state index in [2.05, 4.69) is 31.3 Å². The molecule has 1 aromatic heterocycles. The highest BCUT2D eigenvalue weighted by Gasteiger charge is 2.38. The molecule has 2 aromatic carbocycles. The summed E-state index contributed by atoms with van der Waals surface area (Å²) in [6.07, 6.45) is 1.35. The number of rotatable bonds is 6. The van der Waals surface area contributed by atoms with Crippen molar-refractivity contribution in [3.05, 3.63) is 82.0 Å². The molecule has 1 N–H and O–H groups in total. The third-order valence-corrected chi connectivity index (χ3v) is 5.75. The molecule has 1 aliphatic rings. The first-order valence-corrected chi connectivity index (χ1v) is 11.0. The Kier molecular flexibility index (Phi) is 6.55. The maximum Gasteiger partial charge on any atom is 0.338 e. The van der Waals surface area contributed by atoms with Gasteiger partial charge in [0, 0.05) is 15.9 Å². The van der Waals surface area contributed by atoms with Crippen LogP contribution in [-0.2, 0) is 14.3 Å². The van der Waals surface area contributed by atoms with Crippen LogP contribution in [0.25, 0.3) is 0 Å². The van der Waals surface area contributed by atoms with Gasteiger partial charge in [-0.1, -0.05) is 28.1 Å². The Balaban J connectivity index is 1.72. The van der Waals surface area contributed by atoms with Crippen molar-refractivity contribution in [2.75, 3.05) is 23.4 Å². The van der Waals surface area contributed by atoms with Crippen molar-refractivity contribution in [2.24, 2.45) is 0 Å². The standard InChI is InChI=1S/C23H21BrFN5O3/c1-3-33-22(32)20-14(2)29(12-19(31)28-18-10-6-16(24)7-11-18)23-26-13-27-30(23)21(20)15-4-8-17(25)9-5-15/h4-11,13,21H,3,12H2,1-2H3,(H,28,31)/t21-/m1/s1. The summed E-state index contributed by atoms with van der Waals surface area (Å²) in [4.78, 5) is 31.8. The first-order valence-electron chi connectivity index (χ1n) is 10.2. The van der Waals surface area contributed by atoms with Gasteiger partial charge in [-0.05, 0) is 55.8 Å². The summed E-state index contributed by atoms with van der Waals surface area (Å²) in [6, 6.07) is 12.4. The zero-order valence-electron chi connectivity index (χ0n) is 18.0. The van der Waals surface area contributed by atoms with E-state index in [-0.39, 0.29) is 19.1 Å². The lowest BCUT2D eigenvalue weighted by molar-refractivity contribution is -0.139. The van der Waals surface area contributed by atoms with E-state index in [4.69, 9.17) is 4.74 Å². The van der Waals surface area contributed by atoms with Gasteiger partial charge in [-0.3, -0.25) is 4.79 Å². The van der Waals surface area contributed by atoms with Crippen molar-refractivity contribution < 1.29 is 18.7 Å². The molecule has 8 nitrogen and oxygen atoms in total. The SMILES string of the molecule is CCOC(=O)C1=C(C)N(CC(=O)Nc2ccc(Br)cc2)c2ncnn2[C@@H]1c1ccc(F)cc1. The van der Waals surface area contributed by atoms with Gasteiger partial charge < -0.3 is 15.0 Å². The van der Waals surface area contributed by atoms with Crippen LogP contribution in [0.15, 0.2) is 70.6 Å². The minimum Gasteiger partial charge on any atom is -0.463 e. The number of hydrogen-bond acceptors (Lipinski definition) is 6. The summed E-state index contributed by atoms with van der Waals surface area (Å²) in [5, 5.41) is 7.15. The number of carbonyl (C=O) groups is 2. The number of esters is 1. The minimum absolute atomic E-state index is 0.0976. The third kappa shape index (κ3) is 4.65. The number of hydrogen-bond donors (Lipinski definition) is 1. The molecule has 1 atom stereocenters. The molecule has 0 unspecified atom stereocenters. The van der Waals surface area contributed by atoms with Crippen LogP contribution >= 0.6 is 15.9 Å². The van der Waals surface area contributed by atoms with Gasteiger partial charge in [0.2, 0.25) is 11.9 Å². The summed E-state index contributed by atoms with van der Waals surface area (Å²) < 4.78 is 21.3. The zero-order valence-corrected chi connectivity index (χ0v) is 19.5. The Morgan fingerprint density at radius 1 is 1.15 bits per heavy atom. The molecular formula is C23H21BrFN5O3. The van der Waals surface area contributed by atoms with Crippen LogP contribution in [0.4, 0.5) is 16.0 Å². The highest BCUT2D eigenvalue weighted by atomic mass is 79.9. The molecule has 2 heterocycles. The van der Waals surface area contributed by atoms with E-state index in [0.717, 1.165) is 4.47 Å². The van der Waals surface area contributed by atoms with E-state index in [1.165, 1.54) is 18.5 Å². The monoisotopic (exact) mass is 513 g/mol. The number of carbonyl (C=O) groups excluding carboxylic acids is 2. The number of allylic oxidation sites excluding steroid dienone is 1. The predicted octanol–water partition coefficient (Wildman–Crippen LogP) is 4.06. The fourth-order valence-corrected chi connectivity index (χ4v) is 3.99. The summed E-state index contributed by atoms with van der Waals surface area (Å²) in [7, 11) is 0. The number of fused-ring (bicyclic) bond motifs is 1. The lowest BCUT2D eigenvalue weighted by Gasteiger charge is -2.35.